The van der Waals surface area contributed by atoms with E-state index in [1.807, 2.05) is 48.0 Å². The fourth-order valence-corrected chi connectivity index (χ4v) is 3.21. The number of hydrogen-bond donors (Lipinski definition) is 1. The molecule has 0 saturated carbocycles. The fourth-order valence-electron chi connectivity index (χ4n) is 3.08. The second-order valence-corrected chi connectivity index (χ2v) is 7.07. The van der Waals surface area contributed by atoms with Crippen molar-refractivity contribution in [3.63, 3.8) is 0 Å². The lowest BCUT2D eigenvalue weighted by molar-refractivity contribution is 0.146. The summed E-state index contributed by atoms with van der Waals surface area (Å²) < 4.78 is 12.7. The molecule has 3 aromatic rings. The van der Waals surface area contributed by atoms with Gasteiger partial charge in [0.2, 0.25) is 0 Å². The maximum atomic E-state index is 5.99. The van der Waals surface area contributed by atoms with Crippen LogP contribution >= 0.6 is 11.6 Å². The number of benzene rings is 2. The molecule has 0 amide bonds. The highest BCUT2D eigenvalue weighted by Crippen LogP contribution is 2.20. The average Bonchev–Trinajstić information content (AvgIpc) is 2.97. The first kappa shape index (κ1) is 20.4. The molecule has 0 aliphatic rings. The molecular formula is C22H26ClN3O2. The number of aryl methyl sites for hydroxylation is 1. The maximum Gasteiger partial charge on any atom is 0.119 e. The molecule has 0 atom stereocenters. The minimum Gasteiger partial charge on any atom is -0.491 e. The van der Waals surface area contributed by atoms with E-state index in [2.05, 4.69) is 24.4 Å². The topological polar surface area (TPSA) is 48.3 Å². The summed E-state index contributed by atoms with van der Waals surface area (Å²) in [5.74, 6) is 0.860. The summed E-state index contributed by atoms with van der Waals surface area (Å²) in [5, 5.41) is 8.93. The normalized spacial score (nSPS) is 11.0. The monoisotopic (exact) mass is 399 g/mol. The number of hydrogen-bond acceptors (Lipinski definition) is 4. The van der Waals surface area contributed by atoms with Crippen molar-refractivity contribution in [1.29, 1.82) is 0 Å². The zero-order valence-corrected chi connectivity index (χ0v) is 17.3. The smallest absolute Gasteiger partial charge is 0.119 e. The van der Waals surface area contributed by atoms with Crippen molar-refractivity contribution in [3.8, 4) is 11.4 Å². The molecule has 1 N–H and O–H groups in total. The zero-order valence-electron chi connectivity index (χ0n) is 16.5. The highest BCUT2D eigenvalue weighted by atomic mass is 35.5. The maximum absolute atomic E-state index is 5.99. The van der Waals surface area contributed by atoms with Crippen molar-refractivity contribution in [2.75, 3.05) is 20.3 Å². The van der Waals surface area contributed by atoms with E-state index in [-0.39, 0.29) is 0 Å². The standard InChI is InChI=1S/C22H26ClN3O2/c1-16-22(17(2)26(25-16)20-9-7-19(23)8-10-20)15-24-14-18-5-4-6-21(13-18)28-12-11-27-3/h4-10,13,24H,11-12,14-15H2,1-3H3. The first-order valence-corrected chi connectivity index (χ1v) is 9.68. The minimum atomic E-state index is 0.551. The Morgan fingerprint density at radius 2 is 1.82 bits per heavy atom. The summed E-state index contributed by atoms with van der Waals surface area (Å²) in [6.45, 7) is 6.78. The van der Waals surface area contributed by atoms with Gasteiger partial charge in [-0.15, -0.1) is 0 Å². The van der Waals surface area contributed by atoms with E-state index in [0.717, 1.165) is 40.9 Å². The van der Waals surface area contributed by atoms with E-state index in [4.69, 9.17) is 26.2 Å². The van der Waals surface area contributed by atoms with Crippen LogP contribution in [-0.2, 0) is 17.8 Å². The van der Waals surface area contributed by atoms with Crippen molar-refractivity contribution in [2.24, 2.45) is 0 Å². The van der Waals surface area contributed by atoms with Crippen LogP contribution in [0.25, 0.3) is 5.69 Å². The first-order valence-electron chi connectivity index (χ1n) is 9.31. The number of ether oxygens (including phenoxy) is 2. The van der Waals surface area contributed by atoms with Gasteiger partial charge in [0.1, 0.15) is 12.4 Å². The van der Waals surface area contributed by atoms with Crippen LogP contribution in [0.3, 0.4) is 0 Å². The first-order chi connectivity index (χ1) is 13.6. The van der Waals surface area contributed by atoms with Crippen molar-refractivity contribution < 1.29 is 9.47 Å². The molecule has 148 valence electrons. The van der Waals surface area contributed by atoms with Gasteiger partial charge in [0.15, 0.2) is 0 Å². The van der Waals surface area contributed by atoms with Crippen LogP contribution in [0.15, 0.2) is 48.5 Å². The number of aromatic nitrogens is 2. The van der Waals surface area contributed by atoms with Crippen LogP contribution in [-0.4, -0.2) is 30.1 Å². The lowest BCUT2D eigenvalue weighted by Crippen LogP contribution is -2.14. The van der Waals surface area contributed by atoms with Gasteiger partial charge in [0.05, 0.1) is 18.0 Å². The SMILES string of the molecule is COCCOc1cccc(CNCc2c(C)nn(-c3ccc(Cl)cc3)c2C)c1. The van der Waals surface area contributed by atoms with Gasteiger partial charge in [-0.2, -0.15) is 5.10 Å². The molecule has 0 fully saturated rings. The van der Waals surface area contributed by atoms with Gasteiger partial charge < -0.3 is 14.8 Å². The van der Waals surface area contributed by atoms with Crippen LogP contribution in [0.1, 0.15) is 22.5 Å². The highest BCUT2D eigenvalue weighted by molar-refractivity contribution is 6.30. The zero-order chi connectivity index (χ0) is 19.9. The van der Waals surface area contributed by atoms with E-state index in [1.54, 1.807) is 7.11 Å². The molecule has 1 aromatic heterocycles. The van der Waals surface area contributed by atoms with E-state index >= 15 is 0 Å². The van der Waals surface area contributed by atoms with E-state index in [0.29, 0.717) is 13.2 Å². The van der Waals surface area contributed by atoms with Crippen LogP contribution in [0.4, 0.5) is 0 Å². The van der Waals surface area contributed by atoms with Gasteiger partial charge in [-0.25, -0.2) is 4.68 Å². The number of halogens is 1. The Balaban J connectivity index is 1.62. The van der Waals surface area contributed by atoms with Crippen LogP contribution < -0.4 is 10.1 Å². The average molecular weight is 400 g/mol. The molecule has 2 aromatic carbocycles. The second-order valence-electron chi connectivity index (χ2n) is 6.63. The molecule has 0 aliphatic heterocycles. The number of rotatable bonds is 9. The molecule has 0 radical (unpaired) electrons. The van der Waals surface area contributed by atoms with Gasteiger partial charge >= 0.3 is 0 Å². The molecule has 1 heterocycles. The van der Waals surface area contributed by atoms with Gasteiger partial charge in [-0.1, -0.05) is 23.7 Å². The summed E-state index contributed by atoms with van der Waals surface area (Å²) in [5.41, 5.74) is 5.55. The summed E-state index contributed by atoms with van der Waals surface area (Å²) in [7, 11) is 1.67. The molecule has 0 spiro atoms. The highest BCUT2D eigenvalue weighted by Gasteiger charge is 2.12. The molecular weight excluding hydrogens is 374 g/mol. The Kier molecular flexibility index (Phi) is 7.09. The Morgan fingerprint density at radius 3 is 2.57 bits per heavy atom. The molecule has 5 nitrogen and oxygen atoms in total. The predicted octanol–water partition coefficient (Wildman–Crippen LogP) is 4.46. The van der Waals surface area contributed by atoms with Crippen LogP contribution in [0, 0.1) is 13.8 Å². The lowest BCUT2D eigenvalue weighted by Gasteiger charge is -2.09. The van der Waals surface area contributed by atoms with Crippen molar-refractivity contribution in [2.45, 2.75) is 26.9 Å². The molecule has 0 aliphatic carbocycles. The quantitative estimate of drug-likeness (QED) is 0.540. The van der Waals surface area contributed by atoms with Crippen molar-refractivity contribution in [3.05, 3.63) is 76.1 Å². The molecule has 0 bridgehead atoms. The van der Waals surface area contributed by atoms with Crippen molar-refractivity contribution >= 4 is 11.6 Å². The van der Waals surface area contributed by atoms with Gasteiger partial charge in [0.25, 0.3) is 0 Å². The predicted molar refractivity (Wildman–Crippen MR) is 112 cm³/mol. The number of nitrogens with zero attached hydrogens (tertiary/aromatic N) is 2. The lowest BCUT2D eigenvalue weighted by atomic mass is 10.1. The molecule has 28 heavy (non-hydrogen) atoms. The third-order valence-electron chi connectivity index (χ3n) is 4.60. The Bertz CT molecular complexity index is 907. The Labute approximate surface area is 171 Å². The summed E-state index contributed by atoms with van der Waals surface area (Å²) in [4.78, 5) is 0. The van der Waals surface area contributed by atoms with E-state index < -0.39 is 0 Å². The molecule has 3 rings (SSSR count). The molecule has 0 saturated heterocycles. The summed E-state index contributed by atoms with van der Waals surface area (Å²) in [6, 6.07) is 15.8. The fraction of sp³-hybridized carbons (Fsp3) is 0.318. The Hall–Kier alpha value is -2.34. The molecule has 6 heteroatoms. The Morgan fingerprint density at radius 1 is 1.04 bits per heavy atom. The number of nitrogens with one attached hydrogen (secondary N) is 1. The largest absolute Gasteiger partial charge is 0.491 e. The van der Waals surface area contributed by atoms with Gasteiger partial charge in [0, 0.05) is 36.5 Å². The minimum absolute atomic E-state index is 0.551. The van der Waals surface area contributed by atoms with Crippen molar-refractivity contribution in [1.82, 2.24) is 15.1 Å². The van der Waals surface area contributed by atoms with Gasteiger partial charge in [-0.05, 0) is 55.8 Å². The van der Waals surface area contributed by atoms with E-state index in [1.165, 1.54) is 11.1 Å². The van der Waals surface area contributed by atoms with Crippen LogP contribution in [0.5, 0.6) is 5.75 Å². The summed E-state index contributed by atoms with van der Waals surface area (Å²) >= 11 is 5.99. The van der Waals surface area contributed by atoms with E-state index in [9.17, 15) is 0 Å². The molecule has 0 unspecified atom stereocenters. The number of methoxy groups -OCH3 is 1. The summed E-state index contributed by atoms with van der Waals surface area (Å²) in [6.07, 6.45) is 0. The van der Waals surface area contributed by atoms with Gasteiger partial charge in [-0.3, -0.25) is 0 Å². The third-order valence-corrected chi connectivity index (χ3v) is 4.85. The second kappa shape index (κ2) is 9.73. The van der Waals surface area contributed by atoms with Crippen LogP contribution in [0.2, 0.25) is 5.02 Å². The third kappa shape index (κ3) is 5.13.